The van der Waals surface area contributed by atoms with E-state index in [9.17, 15) is 8.42 Å². The van der Waals surface area contributed by atoms with E-state index in [1.165, 1.54) is 0 Å². The number of sulfonamides is 1. The van der Waals surface area contributed by atoms with Crippen molar-refractivity contribution in [1.29, 1.82) is 0 Å². The number of rotatable bonds is 5. The second-order valence-corrected chi connectivity index (χ2v) is 5.34. The van der Waals surface area contributed by atoms with E-state index in [1.54, 1.807) is 18.2 Å². The second kappa shape index (κ2) is 5.82. The predicted octanol–water partition coefficient (Wildman–Crippen LogP) is 2.24. The molecule has 0 heterocycles. The van der Waals surface area contributed by atoms with Gasteiger partial charge in [0.2, 0.25) is 10.0 Å². The van der Waals surface area contributed by atoms with Crippen LogP contribution in [0.5, 0.6) is 0 Å². The van der Waals surface area contributed by atoms with Crippen molar-refractivity contribution in [3.05, 3.63) is 42.0 Å². The van der Waals surface area contributed by atoms with Gasteiger partial charge in [0.15, 0.2) is 0 Å². The molecule has 0 saturated heterocycles. The fourth-order valence-corrected chi connectivity index (χ4v) is 2.46. The minimum atomic E-state index is -3.35. The van der Waals surface area contributed by atoms with Gasteiger partial charge in [0.1, 0.15) is 0 Å². The van der Waals surface area contributed by atoms with Crippen LogP contribution in [0, 0.1) is 6.92 Å². The molecule has 0 aliphatic carbocycles. The zero-order valence-corrected chi connectivity index (χ0v) is 10.4. The molecule has 0 bridgehead atoms. The quantitative estimate of drug-likeness (QED) is 0.632. The minimum Gasteiger partial charge on any atom is -0.211 e. The van der Waals surface area contributed by atoms with E-state index >= 15 is 0 Å². The first-order valence-corrected chi connectivity index (χ1v) is 6.72. The third-order valence-electron chi connectivity index (χ3n) is 2.14. The summed E-state index contributed by atoms with van der Waals surface area (Å²) in [6.45, 7) is 4.22. The average Bonchev–Trinajstić information content (AvgIpc) is 2.24. The van der Waals surface area contributed by atoms with Gasteiger partial charge in [-0.15, -0.1) is 0 Å². The summed E-state index contributed by atoms with van der Waals surface area (Å²) in [5.74, 6) is 0. The fourth-order valence-electron chi connectivity index (χ4n) is 1.31. The molecule has 16 heavy (non-hydrogen) atoms. The van der Waals surface area contributed by atoms with Crippen molar-refractivity contribution in [3.63, 3.8) is 0 Å². The summed E-state index contributed by atoms with van der Waals surface area (Å²) in [4.78, 5) is 0.327. The number of allylic oxidation sites excluding steroid dienone is 1. The Bertz CT molecular complexity index is 464. The Morgan fingerprint density at radius 2 is 2.12 bits per heavy atom. The molecule has 0 aliphatic heterocycles. The van der Waals surface area contributed by atoms with Gasteiger partial charge in [-0.3, -0.25) is 0 Å². The highest BCUT2D eigenvalue weighted by Crippen LogP contribution is 2.10. The molecule has 3 nitrogen and oxygen atoms in total. The lowest BCUT2D eigenvalue weighted by atomic mass is 10.2. The predicted molar refractivity (Wildman–Crippen MR) is 65.8 cm³/mol. The van der Waals surface area contributed by atoms with E-state index in [0.717, 1.165) is 5.56 Å². The second-order valence-electron chi connectivity index (χ2n) is 3.57. The number of aryl methyl sites for hydroxylation is 1. The van der Waals surface area contributed by atoms with Crippen molar-refractivity contribution < 1.29 is 8.42 Å². The van der Waals surface area contributed by atoms with Gasteiger partial charge in [0, 0.05) is 6.54 Å². The fraction of sp³-hybridized carbons (Fsp3) is 0.333. The third-order valence-corrected chi connectivity index (χ3v) is 3.60. The number of nitrogens with one attached hydrogen (secondary N) is 1. The molecule has 0 spiro atoms. The van der Waals surface area contributed by atoms with Crippen molar-refractivity contribution in [3.8, 4) is 0 Å². The Hall–Kier alpha value is -1.13. The molecule has 0 fully saturated rings. The molecule has 0 atom stereocenters. The Labute approximate surface area is 97.2 Å². The molecule has 0 aliphatic rings. The average molecular weight is 239 g/mol. The van der Waals surface area contributed by atoms with E-state index in [2.05, 4.69) is 4.72 Å². The Balaban J connectivity index is 2.71. The molecule has 0 saturated carbocycles. The van der Waals surface area contributed by atoms with Gasteiger partial charge < -0.3 is 0 Å². The highest BCUT2D eigenvalue weighted by Gasteiger charge is 2.12. The zero-order valence-electron chi connectivity index (χ0n) is 9.60. The SMILES string of the molecule is C/C=C/CCNS(=O)(=O)c1cccc(C)c1. The minimum absolute atomic E-state index is 0.327. The van der Waals surface area contributed by atoms with Crippen molar-refractivity contribution in [2.45, 2.75) is 25.2 Å². The van der Waals surface area contributed by atoms with Crippen molar-refractivity contribution in [2.75, 3.05) is 6.54 Å². The summed E-state index contributed by atoms with van der Waals surface area (Å²) in [5, 5.41) is 0. The van der Waals surface area contributed by atoms with E-state index in [4.69, 9.17) is 0 Å². The molecule has 0 amide bonds. The lowest BCUT2D eigenvalue weighted by molar-refractivity contribution is 0.582. The first kappa shape index (κ1) is 12.9. The maximum Gasteiger partial charge on any atom is 0.240 e. The van der Waals surface area contributed by atoms with E-state index in [-0.39, 0.29) is 0 Å². The molecule has 1 rings (SSSR count). The largest absolute Gasteiger partial charge is 0.240 e. The van der Waals surface area contributed by atoms with Crippen LogP contribution in [0.15, 0.2) is 41.3 Å². The number of hydrogen-bond donors (Lipinski definition) is 1. The highest BCUT2D eigenvalue weighted by atomic mass is 32.2. The summed E-state index contributed by atoms with van der Waals surface area (Å²) in [7, 11) is -3.35. The molecule has 0 radical (unpaired) electrons. The topological polar surface area (TPSA) is 46.2 Å². The maximum absolute atomic E-state index is 11.8. The molecular formula is C12H17NO2S. The van der Waals surface area contributed by atoms with Gasteiger partial charge in [0.25, 0.3) is 0 Å². The van der Waals surface area contributed by atoms with Gasteiger partial charge >= 0.3 is 0 Å². The first-order valence-electron chi connectivity index (χ1n) is 5.24. The van der Waals surface area contributed by atoms with Crippen LogP contribution in [0.1, 0.15) is 18.9 Å². The van der Waals surface area contributed by atoms with E-state index in [0.29, 0.717) is 17.9 Å². The van der Waals surface area contributed by atoms with Crippen LogP contribution in [0.3, 0.4) is 0 Å². The van der Waals surface area contributed by atoms with Crippen molar-refractivity contribution in [1.82, 2.24) is 4.72 Å². The molecule has 88 valence electrons. The highest BCUT2D eigenvalue weighted by molar-refractivity contribution is 7.89. The van der Waals surface area contributed by atoms with Crippen LogP contribution >= 0.6 is 0 Å². The van der Waals surface area contributed by atoms with Gasteiger partial charge in [-0.05, 0) is 38.0 Å². The summed E-state index contributed by atoms with van der Waals surface area (Å²) in [6.07, 6.45) is 4.54. The Kier molecular flexibility index (Phi) is 4.71. The van der Waals surface area contributed by atoms with Crippen molar-refractivity contribution >= 4 is 10.0 Å². The van der Waals surface area contributed by atoms with Crippen LogP contribution in [0.2, 0.25) is 0 Å². The Morgan fingerprint density at radius 1 is 1.38 bits per heavy atom. The molecule has 0 unspecified atom stereocenters. The zero-order chi connectivity index (χ0) is 12.0. The smallest absolute Gasteiger partial charge is 0.211 e. The van der Waals surface area contributed by atoms with Crippen LogP contribution in [0.4, 0.5) is 0 Å². The third kappa shape index (κ3) is 3.79. The summed E-state index contributed by atoms with van der Waals surface area (Å²) >= 11 is 0. The summed E-state index contributed by atoms with van der Waals surface area (Å²) in [5.41, 5.74) is 0.941. The molecule has 4 heteroatoms. The van der Waals surface area contributed by atoms with Crippen LogP contribution in [0.25, 0.3) is 0 Å². The standard InChI is InChI=1S/C12H17NO2S/c1-3-4-5-9-13-16(14,15)12-8-6-7-11(2)10-12/h3-4,6-8,10,13H,5,9H2,1-2H3/b4-3+. The van der Waals surface area contributed by atoms with Crippen LogP contribution < -0.4 is 4.72 Å². The number of benzene rings is 1. The molecule has 1 aromatic carbocycles. The maximum atomic E-state index is 11.8. The van der Waals surface area contributed by atoms with Gasteiger partial charge in [0.05, 0.1) is 4.90 Å². The normalized spacial score (nSPS) is 12.1. The van der Waals surface area contributed by atoms with Gasteiger partial charge in [-0.2, -0.15) is 0 Å². The van der Waals surface area contributed by atoms with Crippen LogP contribution in [-0.4, -0.2) is 15.0 Å². The lowest BCUT2D eigenvalue weighted by Gasteiger charge is -2.05. The van der Waals surface area contributed by atoms with Gasteiger partial charge in [-0.1, -0.05) is 24.3 Å². The monoisotopic (exact) mass is 239 g/mol. The molecular weight excluding hydrogens is 222 g/mol. The molecule has 0 aromatic heterocycles. The Morgan fingerprint density at radius 3 is 2.75 bits per heavy atom. The summed E-state index contributed by atoms with van der Waals surface area (Å²) < 4.78 is 26.2. The summed E-state index contributed by atoms with van der Waals surface area (Å²) in [6, 6.07) is 6.89. The van der Waals surface area contributed by atoms with E-state index in [1.807, 2.05) is 32.1 Å². The van der Waals surface area contributed by atoms with Crippen molar-refractivity contribution in [2.24, 2.45) is 0 Å². The lowest BCUT2D eigenvalue weighted by Crippen LogP contribution is -2.24. The first-order chi connectivity index (χ1) is 7.56. The molecule has 1 N–H and O–H groups in total. The van der Waals surface area contributed by atoms with Gasteiger partial charge in [-0.25, -0.2) is 13.1 Å². The van der Waals surface area contributed by atoms with E-state index < -0.39 is 10.0 Å². The molecule has 1 aromatic rings. The number of hydrogen-bond acceptors (Lipinski definition) is 2. The van der Waals surface area contributed by atoms with Crippen LogP contribution in [-0.2, 0) is 10.0 Å².